The lowest BCUT2D eigenvalue weighted by Gasteiger charge is -2.13. The molecule has 0 fully saturated rings. The van der Waals surface area contributed by atoms with E-state index >= 15 is 0 Å². The lowest BCUT2D eigenvalue weighted by atomic mass is 10.1. The highest BCUT2D eigenvalue weighted by atomic mass is 16.5. The third kappa shape index (κ3) is 4.68. The Bertz CT molecular complexity index is 488. The highest BCUT2D eigenvalue weighted by Gasteiger charge is 2.12. The monoisotopic (exact) mass is 295 g/mol. The molecule has 0 unspecified atom stereocenters. The van der Waals surface area contributed by atoms with Crippen molar-refractivity contribution in [3.8, 4) is 17.2 Å². The van der Waals surface area contributed by atoms with Crippen LogP contribution >= 0.6 is 0 Å². The minimum absolute atomic E-state index is 0.107. The van der Waals surface area contributed by atoms with Crippen molar-refractivity contribution in [2.24, 2.45) is 0 Å². The fraction of sp³-hybridized carbons (Fsp3) is 0.400. The molecule has 0 saturated heterocycles. The van der Waals surface area contributed by atoms with Gasteiger partial charge in [0.15, 0.2) is 11.5 Å². The number of methoxy groups -OCH3 is 3. The first-order valence-electron chi connectivity index (χ1n) is 6.45. The van der Waals surface area contributed by atoms with Crippen molar-refractivity contribution in [1.82, 2.24) is 5.32 Å². The molecule has 1 aromatic rings. The van der Waals surface area contributed by atoms with E-state index < -0.39 is 0 Å². The summed E-state index contributed by atoms with van der Waals surface area (Å²) in [6.45, 7) is 1.61. The summed E-state index contributed by atoms with van der Waals surface area (Å²) in [5.74, 6) is 1.24. The fourth-order valence-corrected chi connectivity index (χ4v) is 1.71. The van der Waals surface area contributed by atoms with Crippen molar-refractivity contribution in [2.45, 2.75) is 13.0 Å². The molecule has 6 nitrogen and oxygen atoms in total. The van der Waals surface area contributed by atoms with E-state index in [0.717, 1.165) is 5.56 Å². The van der Waals surface area contributed by atoms with Crippen LogP contribution in [0.3, 0.4) is 0 Å². The van der Waals surface area contributed by atoms with E-state index in [-0.39, 0.29) is 18.6 Å². The minimum atomic E-state index is -0.290. The number of aliphatic hydroxyl groups excluding tert-OH is 1. The van der Waals surface area contributed by atoms with Gasteiger partial charge in [0.25, 0.3) is 0 Å². The molecule has 0 aliphatic carbocycles. The van der Waals surface area contributed by atoms with Crippen molar-refractivity contribution >= 4 is 12.0 Å². The van der Waals surface area contributed by atoms with Crippen LogP contribution in [0.5, 0.6) is 17.2 Å². The molecule has 0 radical (unpaired) electrons. The number of aliphatic hydroxyl groups is 1. The summed E-state index contributed by atoms with van der Waals surface area (Å²) in [7, 11) is 4.58. The van der Waals surface area contributed by atoms with Gasteiger partial charge < -0.3 is 24.6 Å². The smallest absolute Gasteiger partial charge is 0.244 e. The van der Waals surface area contributed by atoms with E-state index in [0.29, 0.717) is 17.2 Å². The molecule has 0 aliphatic rings. The molecule has 2 N–H and O–H groups in total. The molecule has 116 valence electrons. The van der Waals surface area contributed by atoms with Gasteiger partial charge in [-0.05, 0) is 30.7 Å². The molecule has 0 aliphatic heterocycles. The van der Waals surface area contributed by atoms with Gasteiger partial charge in [-0.2, -0.15) is 0 Å². The number of ether oxygens (including phenoxy) is 3. The van der Waals surface area contributed by atoms with E-state index in [2.05, 4.69) is 5.32 Å². The van der Waals surface area contributed by atoms with Crippen LogP contribution in [0, 0.1) is 0 Å². The van der Waals surface area contributed by atoms with Crippen LogP contribution in [0.4, 0.5) is 0 Å². The molecular weight excluding hydrogens is 274 g/mol. The normalized spacial score (nSPS) is 12.0. The van der Waals surface area contributed by atoms with Gasteiger partial charge in [0.05, 0.1) is 27.9 Å². The van der Waals surface area contributed by atoms with E-state index in [9.17, 15) is 4.79 Å². The predicted molar refractivity (Wildman–Crippen MR) is 79.8 cm³/mol. The summed E-state index contributed by atoms with van der Waals surface area (Å²) in [6.07, 6.45) is 3.01. The third-order valence-electron chi connectivity index (χ3n) is 2.78. The molecule has 1 amide bonds. The largest absolute Gasteiger partial charge is 0.493 e. The first kappa shape index (κ1) is 16.8. The molecule has 1 aromatic carbocycles. The van der Waals surface area contributed by atoms with Gasteiger partial charge in [-0.15, -0.1) is 0 Å². The van der Waals surface area contributed by atoms with Gasteiger partial charge in [0, 0.05) is 12.1 Å². The van der Waals surface area contributed by atoms with Crippen LogP contribution in [-0.4, -0.2) is 45.0 Å². The fourth-order valence-electron chi connectivity index (χ4n) is 1.71. The Hall–Kier alpha value is -2.21. The summed E-state index contributed by atoms with van der Waals surface area (Å²) in [5, 5.41) is 11.5. The van der Waals surface area contributed by atoms with E-state index in [1.807, 2.05) is 0 Å². The van der Waals surface area contributed by atoms with Gasteiger partial charge in [-0.25, -0.2) is 0 Å². The molecule has 1 atom stereocenters. The van der Waals surface area contributed by atoms with Crippen LogP contribution in [0.2, 0.25) is 0 Å². The maximum atomic E-state index is 11.6. The molecule has 6 heteroatoms. The summed E-state index contributed by atoms with van der Waals surface area (Å²) in [6, 6.07) is 3.18. The summed E-state index contributed by atoms with van der Waals surface area (Å²) in [5.41, 5.74) is 0.733. The Labute approximate surface area is 124 Å². The zero-order valence-electron chi connectivity index (χ0n) is 12.7. The molecule has 0 saturated carbocycles. The summed E-state index contributed by atoms with van der Waals surface area (Å²) >= 11 is 0. The predicted octanol–water partition coefficient (Wildman–Crippen LogP) is 1.22. The van der Waals surface area contributed by atoms with Crippen LogP contribution in [0.1, 0.15) is 12.5 Å². The van der Waals surface area contributed by atoms with E-state index in [1.54, 1.807) is 25.1 Å². The van der Waals surface area contributed by atoms with Gasteiger partial charge in [0.1, 0.15) is 0 Å². The van der Waals surface area contributed by atoms with Gasteiger partial charge in [-0.3, -0.25) is 4.79 Å². The number of nitrogens with one attached hydrogen (secondary N) is 1. The van der Waals surface area contributed by atoms with Crippen LogP contribution in [0.15, 0.2) is 18.2 Å². The number of amides is 1. The Morgan fingerprint density at radius 3 is 2.24 bits per heavy atom. The highest BCUT2D eigenvalue weighted by Crippen LogP contribution is 2.38. The standard InChI is InChI=1S/C15H21NO5/c1-10(9-17)16-14(18)6-5-11-7-12(19-2)15(21-4)13(8-11)20-3/h5-8,10,17H,9H2,1-4H3,(H,16,18)/b6-5-/t10-/m0/s1. The van der Waals surface area contributed by atoms with Gasteiger partial charge in [-0.1, -0.05) is 0 Å². The maximum Gasteiger partial charge on any atom is 0.244 e. The Morgan fingerprint density at radius 1 is 1.24 bits per heavy atom. The van der Waals surface area contributed by atoms with Crippen molar-refractivity contribution in [3.05, 3.63) is 23.8 Å². The molecule has 0 heterocycles. The maximum absolute atomic E-state index is 11.6. The lowest BCUT2D eigenvalue weighted by molar-refractivity contribution is -0.117. The van der Waals surface area contributed by atoms with E-state index in [1.165, 1.54) is 27.4 Å². The van der Waals surface area contributed by atoms with Crippen molar-refractivity contribution < 1.29 is 24.1 Å². The SMILES string of the molecule is COc1cc(/C=C\C(=O)N[C@@H](C)CO)cc(OC)c1OC. The van der Waals surface area contributed by atoms with E-state index in [4.69, 9.17) is 19.3 Å². The minimum Gasteiger partial charge on any atom is -0.493 e. The van der Waals surface area contributed by atoms with Crippen LogP contribution in [0.25, 0.3) is 6.08 Å². The topological polar surface area (TPSA) is 77.0 Å². The molecule has 0 aromatic heterocycles. The average Bonchev–Trinajstić information content (AvgIpc) is 2.51. The van der Waals surface area contributed by atoms with Crippen molar-refractivity contribution in [3.63, 3.8) is 0 Å². The zero-order valence-corrected chi connectivity index (χ0v) is 12.7. The quantitative estimate of drug-likeness (QED) is 0.740. The summed E-state index contributed by atoms with van der Waals surface area (Å²) < 4.78 is 15.7. The second-order valence-electron chi connectivity index (χ2n) is 4.38. The Balaban J connectivity index is 2.96. The number of hydrogen-bond acceptors (Lipinski definition) is 5. The number of carbonyl (C=O) groups is 1. The van der Waals surface area contributed by atoms with Gasteiger partial charge in [0.2, 0.25) is 11.7 Å². The number of hydrogen-bond donors (Lipinski definition) is 2. The highest BCUT2D eigenvalue weighted by molar-refractivity contribution is 5.92. The zero-order chi connectivity index (χ0) is 15.8. The van der Waals surface area contributed by atoms with Crippen LogP contribution in [-0.2, 0) is 4.79 Å². The molecule has 1 rings (SSSR count). The number of rotatable bonds is 7. The second-order valence-corrected chi connectivity index (χ2v) is 4.38. The molecular formula is C15H21NO5. The number of carbonyl (C=O) groups excluding carboxylic acids is 1. The van der Waals surface area contributed by atoms with Crippen molar-refractivity contribution in [1.29, 1.82) is 0 Å². The molecule has 0 bridgehead atoms. The Kier molecular flexibility index (Phi) is 6.55. The van der Waals surface area contributed by atoms with Crippen LogP contribution < -0.4 is 19.5 Å². The second kappa shape index (κ2) is 8.16. The van der Waals surface area contributed by atoms with Crippen molar-refractivity contribution in [2.75, 3.05) is 27.9 Å². The Morgan fingerprint density at radius 2 is 1.81 bits per heavy atom. The molecule has 21 heavy (non-hydrogen) atoms. The molecule has 0 spiro atoms. The average molecular weight is 295 g/mol. The third-order valence-corrected chi connectivity index (χ3v) is 2.78. The lowest BCUT2D eigenvalue weighted by Crippen LogP contribution is -2.33. The van der Waals surface area contributed by atoms with Gasteiger partial charge >= 0.3 is 0 Å². The number of benzene rings is 1. The summed E-state index contributed by atoms with van der Waals surface area (Å²) in [4.78, 5) is 11.6. The first-order valence-corrected chi connectivity index (χ1v) is 6.45. The first-order chi connectivity index (χ1) is 10.0.